The Morgan fingerprint density at radius 2 is 2.24 bits per heavy atom. The first kappa shape index (κ1) is 12.4. The highest BCUT2D eigenvalue weighted by atomic mass is 16.5. The molecular weight excluding hydrogens is 212 g/mol. The quantitative estimate of drug-likeness (QED) is 0.862. The van der Waals surface area contributed by atoms with Crippen LogP contribution in [0.4, 0.5) is 0 Å². The molecule has 17 heavy (non-hydrogen) atoms. The minimum Gasteiger partial charge on any atom is -0.496 e. The van der Waals surface area contributed by atoms with Gasteiger partial charge < -0.3 is 10.1 Å². The number of benzene rings is 1. The zero-order valence-corrected chi connectivity index (χ0v) is 10.8. The molecule has 1 atom stereocenters. The van der Waals surface area contributed by atoms with Crippen LogP contribution in [0.3, 0.4) is 0 Å². The Kier molecular flexibility index (Phi) is 4.40. The smallest absolute Gasteiger partial charge is 0.123 e. The Labute approximate surface area is 104 Å². The fourth-order valence-electron chi connectivity index (χ4n) is 2.40. The molecule has 0 aromatic heterocycles. The Morgan fingerprint density at radius 1 is 1.41 bits per heavy atom. The molecule has 0 amide bonds. The molecule has 94 valence electrons. The average molecular weight is 234 g/mol. The summed E-state index contributed by atoms with van der Waals surface area (Å²) >= 11 is 0. The number of rotatable bonds is 3. The first-order valence-corrected chi connectivity index (χ1v) is 6.34. The molecule has 1 aliphatic heterocycles. The standard InChI is InChI=1S/C14H22N2O/c1-12-9-15-7-8-16(10-12)11-13-5-3-4-6-14(13)17-2/h3-6,12,15H,7-11H2,1-2H3. The molecule has 0 saturated carbocycles. The predicted molar refractivity (Wildman–Crippen MR) is 70.3 cm³/mol. The van der Waals surface area contributed by atoms with Gasteiger partial charge in [0.05, 0.1) is 7.11 Å². The lowest BCUT2D eigenvalue weighted by Crippen LogP contribution is -2.29. The summed E-state index contributed by atoms with van der Waals surface area (Å²) in [6, 6.07) is 8.29. The van der Waals surface area contributed by atoms with Gasteiger partial charge in [0.2, 0.25) is 0 Å². The maximum atomic E-state index is 5.40. The number of ether oxygens (including phenoxy) is 1. The number of nitrogens with zero attached hydrogens (tertiary/aromatic N) is 1. The lowest BCUT2D eigenvalue weighted by Gasteiger charge is -2.22. The van der Waals surface area contributed by atoms with Crippen molar-refractivity contribution in [3.63, 3.8) is 0 Å². The highest BCUT2D eigenvalue weighted by Gasteiger charge is 2.15. The van der Waals surface area contributed by atoms with Crippen LogP contribution in [0.15, 0.2) is 24.3 Å². The maximum Gasteiger partial charge on any atom is 0.123 e. The molecule has 3 heteroatoms. The van der Waals surface area contributed by atoms with Gasteiger partial charge in [0.15, 0.2) is 0 Å². The van der Waals surface area contributed by atoms with Crippen molar-refractivity contribution in [2.75, 3.05) is 33.3 Å². The SMILES string of the molecule is COc1ccccc1CN1CCNCC(C)C1. The van der Waals surface area contributed by atoms with Crippen LogP contribution in [0.25, 0.3) is 0 Å². The van der Waals surface area contributed by atoms with Gasteiger partial charge >= 0.3 is 0 Å². The number of methoxy groups -OCH3 is 1. The summed E-state index contributed by atoms with van der Waals surface area (Å²) in [6.45, 7) is 7.76. The van der Waals surface area contributed by atoms with E-state index in [1.807, 2.05) is 12.1 Å². The molecule has 3 nitrogen and oxygen atoms in total. The number of hydrogen-bond acceptors (Lipinski definition) is 3. The van der Waals surface area contributed by atoms with Gasteiger partial charge in [-0.3, -0.25) is 4.90 Å². The van der Waals surface area contributed by atoms with Crippen molar-refractivity contribution < 1.29 is 4.74 Å². The lowest BCUT2D eigenvalue weighted by molar-refractivity contribution is 0.252. The van der Waals surface area contributed by atoms with Gasteiger partial charge in [-0.2, -0.15) is 0 Å². The predicted octanol–water partition coefficient (Wildman–Crippen LogP) is 1.74. The van der Waals surface area contributed by atoms with E-state index in [-0.39, 0.29) is 0 Å². The van der Waals surface area contributed by atoms with Crippen molar-refractivity contribution in [1.29, 1.82) is 0 Å². The van der Waals surface area contributed by atoms with E-state index >= 15 is 0 Å². The Hall–Kier alpha value is -1.06. The topological polar surface area (TPSA) is 24.5 Å². The summed E-state index contributed by atoms with van der Waals surface area (Å²) in [7, 11) is 1.74. The molecule has 1 N–H and O–H groups in total. The first-order chi connectivity index (χ1) is 8.29. The van der Waals surface area contributed by atoms with Crippen molar-refractivity contribution in [1.82, 2.24) is 10.2 Å². The molecule has 1 aromatic carbocycles. The van der Waals surface area contributed by atoms with E-state index in [1.54, 1.807) is 7.11 Å². The van der Waals surface area contributed by atoms with Crippen molar-refractivity contribution in [3.05, 3.63) is 29.8 Å². The van der Waals surface area contributed by atoms with Crippen LogP contribution < -0.4 is 10.1 Å². The highest BCUT2D eigenvalue weighted by molar-refractivity contribution is 5.33. The molecule has 0 aliphatic carbocycles. The van der Waals surface area contributed by atoms with E-state index < -0.39 is 0 Å². The molecule has 1 aromatic rings. The first-order valence-electron chi connectivity index (χ1n) is 6.34. The van der Waals surface area contributed by atoms with Crippen molar-refractivity contribution in [2.45, 2.75) is 13.5 Å². The number of hydrogen-bond donors (Lipinski definition) is 1. The van der Waals surface area contributed by atoms with Gasteiger partial charge in [-0.05, 0) is 18.5 Å². The molecule has 0 spiro atoms. The van der Waals surface area contributed by atoms with Crippen molar-refractivity contribution >= 4 is 0 Å². The van der Waals surface area contributed by atoms with E-state index in [4.69, 9.17) is 4.74 Å². The highest BCUT2D eigenvalue weighted by Crippen LogP contribution is 2.19. The molecule has 1 aliphatic rings. The van der Waals surface area contributed by atoms with E-state index in [0.717, 1.165) is 38.5 Å². The minimum atomic E-state index is 0.715. The van der Waals surface area contributed by atoms with Gasteiger partial charge in [0, 0.05) is 31.7 Å². The fraction of sp³-hybridized carbons (Fsp3) is 0.571. The number of nitrogens with one attached hydrogen (secondary N) is 1. The van der Waals surface area contributed by atoms with Crippen LogP contribution in [0, 0.1) is 5.92 Å². The van der Waals surface area contributed by atoms with Gasteiger partial charge in [-0.15, -0.1) is 0 Å². The summed E-state index contributed by atoms with van der Waals surface area (Å²) in [4.78, 5) is 2.50. The Morgan fingerprint density at radius 3 is 3.06 bits per heavy atom. The summed E-state index contributed by atoms with van der Waals surface area (Å²) in [5.74, 6) is 1.71. The zero-order valence-electron chi connectivity index (χ0n) is 10.8. The third-order valence-corrected chi connectivity index (χ3v) is 3.25. The largest absolute Gasteiger partial charge is 0.496 e. The monoisotopic (exact) mass is 234 g/mol. The lowest BCUT2D eigenvalue weighted by atomic mass is 10.1. The van der Waals surface area contributed by atoms with E-state index in [0.29, 0.717) is 5.92 Å². The van der Waals surface area contributed by atoms with Crippen molar-refractivity contribution in [3.8, 4) is 5.75 Å². The molecule has 0 bridgehead atoms. The molecule has 0 radical (unpaired) electrons. The van der Waals surface area contributed by atoms with Crippen LogP contribution in [0.5, 0.6) is 5.75 Å². The molecular formula is C14H22N2O. The molecule has 2 rings (SSSR count). The van der Waals surface area contributed by atoms with Crippen LogP contribution in [-0.4, -0.2) is 38.2 Å². The molecule has 1 saturated heterocycles. The maximum absolute atomic E-state index is 5.40. The summed E-state index contributed by atoms with van der Waals surface area (Å²) in [5, 5.41) is 3.47. The summed E-state index contributed by atoms with van der Waals surface area (Å²) in [5.41, 5.74) is 1.28. The van der Waals surface area contributed by atoms with Gasteiger partial charge in [0.25, 0.3) is 0 Å². The van der Waals surface area contributed by atoms with Crippen LogP contribution in [-0.2, 0) is 6.54 Å². The Balaban J connectivity index is 2.03. The average Bonchev–Trinajstić information content (AvgIpc) is 2.54. The fourth-order valence-corrected chi connectivity index (χ4v) is 2.40. The minimum absolute atomic E-state index is 0.715. The summed E-state index contributed by atoms with van der Waals surface area (Å²) in [6.07, 6.45) is 0. The third kappa shape index (κ3) is 3.45. The second-order valence-electron chi connectivity index (χ2n) is 4.86. The zero-order chi connectivity index (χ0) is 12.1. The van der Waals surface area contributed by atoms with Crippen molar-refractivity contribution in [2.24, 2.45) is 5.92 Å². The van der Waals surface area contributed by atoms with Gasteiger partial charge in [-0.25, -0.2) is 0 Å². The van der Waals surface area contributed by atoms with E-state index in [2.05, 4.69) is 29.3 Å². The Bertz CT molecular complexity index is 354. The molecule has 1 unspecified atom stereocenters. The third-order valence-electron chi connectivity index (χ3n) is 3.25. The number of para-hydroxylation sites is 1. The van der Waals surface area contributed by atoms with Crippen LogP contribution >= 0.6 is 0 Å². The normalized spacial score (nSPS) is 22.1. The van der Waals surface area contributed by atoms with E-state index in [9.17, 15) is 0 Å². The molecule has 1 heterocycles. The van der Waals surface area contributed by atoms with Crippen LogP contribution in [0.1, 0.15) is 12.5 Å². The second kappa shape index (κ2) is 6.03. The van der Waals surface area contributed by atoms with Crippen LogP contribution in [0.2, 0.25) is 0 Å². The van der Waals surface area contributed by atoms with Gasteiger partial charge in [0.1, 0.15) is 5.75 Å². The second-order valence-corrected chi connectivity index (χ2v) is 4.86. The summed E-state index contributed by atoms with van der Waals surface area (Å²) < 4.78 is 5.40. The molecule has 1 fully saturated rings. The van der Waals surface area contributed by atoms with E-state index in [1.165, 1.54) is 5.56 Å². The van der Waals surface area contributed by atoms with Gasteiger partial charge in [-0.1, -0.05) is 25.1 Å².